The maximum Gasteiger partial charge on any atom is 0.119 e. The van der Waals surface area contributed by atoms with Crippen molar-refractivity contribution in [2.75, 3.05) is 6.61 Å². The molecule has 192 valence electrons. The molecule has 2 aromatic rings. The summed E-state index contributed by atoms with van der Waals surface area (Å²) in [6.45, 7) is 5.29. The van der Waals surface area contributed by atoms with Gasteiger partial charge in [0, 0.05) is 4.86 Å². The van der Waals surface area contributed by atoms with Crippen molar-refractivity contribution in [3.63, 3.8) is 0 Å². The monoisotopic (exact) mass is 492 g/mol. The van der Waals surface area contributed by atoms with Crippen molar-refractivity contribution in [1.29, 1.82) is 0 Å². The van der Waals surface area contributed by atoms with Crippen molar-refractivity contribution in [3.8, 4) is 5.75 Å². The van der Waals surface area contributed by atoms with Crippen LogP contribution in [0.2, 0.25) is 0 Å². The standard InChI is InChI=1S/C33H48OS/c1-3-5-6-7-8-9-10-11-12-13-14-15-16-27-34-32-20-17-19-30(28-32)23-26-33(35)31-24-21-29(18-4-2)22-25-31/h17,19-26,28H,3-16,18,27H2,1-2H3. The van der Waals surface area contributed by atoms with Crippen LogP contribution in [-0.4, -0.2) is 11.5 Å². The number of ether oxygens (including phenoxy) is 1. The van der Waals surface area contributed by atoms with Crippen LogP contribution in [0.3, 0.4) is 0 Å². The summed E-state index contributed by atoms with van der Waals surface area (Å²) in [4.78, 5) is 0.867. The average molecular weight is 493 g/mol. The highest BCUT2D eigenvalue weighted by Crippen LogP contribution is 2.17. The molecular weight excluding hydrogens is 444 g/mol. The van der Waals surface area contributed by atoms with E-state index < -0.39 is 0 Å². The Morgan fingerprint density at radius 2 is 1.31 bits per heavy atom. The third-order valence-electron chi connectivity index (χ3n) is 6.58. The Morgan fingerprint density at radius 1 is 0.714 bits per heavy atom. The van der Waals surface area contributed by atoms with E-state index in [4.69, 9.17) is 17.0 Å². The second-order valence-electron chi connectivity index (χ2n) is 9.81. The van der Waals surface area contributed by atoms with Crippen molar-refractivity contribution in [2.45, 2.75) is 110 Å². The normalized spacial score (nSPS) is 11.3. The highest BCUT2D eigenvalue weighted by molar-refractivity contribution is 7.81. The molecule has 0 spiro atoms. The molecule has 2 heteroatoms. The third kappa shape index (κ3) is 13.7. The Morgan fingerprint density at radius 3 is 1.91 bits per heavy atom. The largest absolute Gasteiger partial charge is 0.494 e. The molecule has 0 fully saturated rings. The van der Waals surface area contributed by atoms with Crippen LogP contribution < -0.4 is 4.74 Å². The number of hydrogen-bond acceptors (Lipinski definition) is 2. The second-order valence-corrected chi connectivity index (χ2v) is 10.2. The van der Waals surface area contributed by atoms with Crippen molar-refractivity contribution < 1.29 is 4.74 Å². The molecule has 0 amide bonds. The van der Waals surface area contributed by atoms with Gasteiger partial charge in [-0.2, -0.15) is 0 Å². The zero-order valence-corrected chi connectivity index (χ0v) is 23.2. The van der Waals surface area contributed by atoms with E-state index in [-0.39, 0.29) is 0 Å². The third-order valence-corrected chi connectivity index (χ3v) is 6.95. The fourth-order valence-corrected chi connectivity index (χ4v) is 4.61. The highest BCUT2D eigenvalue weighted by atomic mass is 32.1. The van der Waals surface area contributed by atoms with Crippen molar-refractivity contribution >= 4 is 23.2 Å². The van der Waals surface area contributed by atoms with E-state index in [0.29, 0.717) is 0 Å². The summed E-state index contributed by atoms with van der Waals surface area (Å²) in [5.41, 5.74) is 3.60. The molecule has 0 radical (unpaired) electrons. The molecule has 0 aromatic heterocycles. The Hall–Kier alpha value is -1.93. The minimum absolute atomic E-state index is 0.799. The molecule has 0 saturated carbocycles. The van der Waals surface area contributed by atoms with Gasteiger partial charge in [0.05, 0.1) is 6.61 Å². The SMILES string of the molecule is CCCCCCCCCCCCCCCOc1cccc(C=CC(=S)c2ccc(CCC)cc2)c1. The summed E-state index contributed by atoms with van der Waals surface area (Å²) >= 11 is 5.61. The molecular formula is C33H48OS. The van der Waals surface area contributed by atoms with Crippen LogP contribution in [0.15, 0.2) is 54.6 Å². The summed E-state index contributed by atoms with van der Waals surface area (Å²) < 4.78 is 6.01. The van der Waals surface area contributed by atoms with Gasteiger partial charge in [0.25, 0.3) is 0 Å². The van der Waals surface area contributed by atoms with Gasteiger partial charge in [-0.25, -0.2) is 0 Å². The van der Waals surface area contributed by atoms with Crippen molar-refractivity contribution in [2.24, 2.45) is 0 Å². The first-order valence-corrected chi connectivity index (χ1v) is 14.7. The van der Waals surface area contributed by atoms with Crippen LogP contribution in [0.1, 0.15) is 120 Å². The van der Waals surface area contributed by atoms with E-state index in [1.807, 2.05) is 12.1 Å². The quantitative estimate of drug-likeness (QED) is 0.0786. The Balaban J connectivity index is 1.56. The van der Waals surface area contributed by atoms with Gasteiger partial charge < -0.3 is 4.74 Å². The molecule has 2 rings (SSSR count). The maximum atomic E-state index is 6.01. The predicted molar refractivity (Wildman–Crippen MR) is 159 cm³/mol. The van der Waals surface area contributed by atoms with Crippen LogP contribution in [0.4, 0.5) is 0 Å². The zero-order chi connectivity index (χ0) is 25.0. The van der Waals surface area contributed by atoms with Gasteiger partial charge in [-0.3, -0.25) is 0 Å². The maximum absolute atomic E-state index is 6.01. The van der Waals surface area contributed by atoms with Gasteiger partial charge in [-0.15, -0.1) is 0 Å². The molecule has 0 unspecified atom stereocenters. The van der Waals surface area contributed by atoms with Gasteiger partial charge >= 0.3 is 0 Å². The van der Waals surface area contributed by atoms with Crippen LogP contribution >= 0.6 is 12.2 Å². The fraction of sp³-hybridized carbons (Fsp3) is 0.545. The summed E-state index contributed by atoms with van der Waals surface area (Å²) in [7, 11) is 0. The minimum atomic E-state index is 0.799. The summed E-state index contributed by atoms with van der Waals surface area (Å²) in [5, 5.41) is 0. The number of hydrogen-bond donors (Lipinski definition) is 0. The number of aryl methyl sites for hydroxylation is 1. The van der Waals surface area contributed by atoms with Crippen LogP contribution in [0.25, 0.3) is 6.08 Å². The molecule has 0 N–H and O–H groups in total. The second kappa shape index (κ2) is 19.3. The molecule has 1 nitrogen and oxygen atoms in total. The summed E-state index contributed by atoms with van der Waals surface area (Å²) in [6, 6.07) is 16.9. The molecule has 0 aliphatic rings. The number of allylic oxidation sites excluding steroid dienone is 1. The topological polar surface area (TPSA) is 9.23 Å². The highest BCUT2D eigenvalue weighted by Gasteiger charge is 2.00. The lowest BCUT2D eigenvalue weighted by Crippen LogP contribution is -1.97. The van der Waals surface area contributed by atoms with Crippen LogP contribution in [0.5, 0.6) is 5.75 Å². The number of rotatable bonds is 20. The van der Waals surface area contributed by atoms with E-state index in [9.17, 15) is 0 Å². The molecule has 0 atom stereocenters. The van der Waals surface area contributed by atoms with Crippen molar-refractivity contribution in [3.05, 3.63) is 71.3 Å². The van der Waals surface area contributed by atoms with E-state index in [2.05, 4.69) is 62.4 Å². The molecule has 0 heterocycles. The van der Waals surface area contributed by atoms with Crippen LogP contribution in [-0.2, 0) is 6.42 Å². The molecule has 0 bridgehead atoms. The van der Waals surface area contributed by atoms with Crippen LogP contribution in [0, 0.1) is 0 Å². The van der Waals surface area contributed by atoms with E-state index in [1.54, 1.807) is 0 Å². The lowest BCUT2D eigenvalue weighted by atomic mass is 10.0. The number of thiocarbonyl (C=S) groups is 1. The molecule has 35 heavy (non-hydrogen) atoms. The van der Waals surface area contributed by atoms with E-state index in [1.165, 1.54) is 89.0 Å². The lowest BCUT2D eigenvalue weighted by molar-refractivity contribution is 0.304. The summed E-state index contributed by atoms with van der Waals surface area (Å²) in [5.74, 6) is 0.945. The fourth-order valence-electron chi connectivity index (χ4n) is 4.41. The first-order valence-electron chi connectivity index (χ1n) is 14.3. The lowest BCUT2D eigenvalue weighted by Gasteiger charge is -2.07. The van der Waals surface area contributed by atoms with Gasteiger partial charge in [-0.05, 0) is 47.7 Å². The van der Waals surface area contributed by atoms with Crippen molar-refractivity contribution in [1.82, 2.24) is 0 Å². The molecule has 0 aliphatic heterocycles. The first-order chi connectivity index (χ1) is 17.2. The number of benzene rings is 2. The van der Waals surface area contributed by atoms with Gasteiger partial charge in [0.15, 0.2) is 0 Å². The summed E-state index contributed by atoms with van der Waals surface area (Å²) in [6.07, 6.45) is 24.2. The minimum Gasteiger partial charge on any atom is -0.494 e. The Labute approximate surface area is 221 Å². The van der Waals surface area contributed by atoms with Gasteiger partial charge in [0.1, 0.15) is 5.75 Å². The Kier molecular flexibility index (Phi) is 16.1. The van der Waals surface area contributed by atoms with E-state index in [0.717, 1.165) is 41.2 Å². The average Bonchev–Trinajstić information content (AvgIpc) is 2.88. The number of unbranched alkanes of at least 4 members (excludes halogenated alkanes) is 12. The smallest absolute Gasteiger partial charge is 0.119 e. The zero-order valence-electron chi connectivity index (χ0n) is 22.4. The first kappa shape index (κ1) is 29.3. The Bertz CT molecular complexity index is 836. The predicted octanol–water partition coefficient (Wildman–Crippen LogP) is 10.5. The van der Waals surface area contributed by atoms with Gasteiger partial charge in [-0.1, -0.05) is 152 Å². The van der Waals surface area contributed by atoms with E-state index >= 15 is 0 Å². The molecule has 0 saturated heterocycles. The molecule has 0 aliphatic carbocycles. The molecule has 2 aromatic carbocycles. The van der Waals surface area contributed by atoms with Gasteiger partial charge in [0.2, 0.25) is 0 Å².